The lowest BCUT2D eigenvalue weighted by Crippen LogP contribution is -2.28. The number of carbonyl (C=O) groups excluding carboxylic acids is 1. The van der Waals surface area contributed by atoms with Gasteiger partial charge in [-0.3, -0.25) is 4.79 Å². The molecule has 16 heavy (non-hydrogen) atoms. The predicted octanol–water partition coefficient (Wildman–Crippen LogP) is 3.56. The van der Waals surface area contributed by atoms with E-state index in [2.05, 4.69) is 15.9 Å². The van der Waals surface area contributed by atoms with E-state index in [-0.39, 0.29) is 11.3 Å². The number of benzene rings is 1. The highest BCUT2D eigenvalue weighted by atomic mass is 79.9. The summed E-state index contributed by atoms with van der Waals surface area (Å²) in [6.07, 6.45) is 0.859. The fourth-order valence-electron chi connectivity index (χ4n) is 1.71. The van der Waals surface area contributed by atoms with Crippen molar-refractivity contribution in [1.82, 2.24) is 4.90 Å². The smallest absolute Gasteiger partial charge is 0.253 e. The third-order valence-electron chi connectivity index (χ3n) is 2.58. The van der Waals surface area contributed by atoms with Crippen LogP contribution in [-0.2, 0) is 0 Å². The molecule has 1 fully saturated rings. The first-order valence-corrected chi connectivity index (χ1v) is 6.57. The van der Waals surface area contributed by atoms with Gasteiger partial charge in [0.15, 0.2) is 0 Å². The molecule has 86 valence electrons. The number of nitrogens with zero attached hydrogens (tertiary/aromatic N) is 1. The summed E-state index contributed by atoms with van der Waals surface area (Å²) in [5.41, 5.74) is 0.610. The van der Waals surface area contributed by atoms with Crippen LogP contribution in [0.1, 0.15) is 16.8 Å². The predicted molar refractivity (Wildman–Crippen MR) is 69.3 cm³/mol. The molecule has 0 aliphatic carbocycles. The molecule has 1 aliphatic rings. The molecule has 1 unspecified atom stereocenters. The Balaban J connectivity index is 2.18. The van der Waals surface area contributed by atoms with E-state index in [4.69, 9.17) is 23.2 Å². The molecule has 1 amide bonds. The van der Waals surface area contributed by atoms with Gasteiger partial charge < -0.3 is 4.90 Å². The highest BCUT2D eigenvalue weighted by Crippen LogP contribution is 2.25. The van der Waals surface area contributed by atoms with Crippen molar-refractivity contribution in [2.75, 3.05) is 13.1 Å². The van der Waals surface area contributed by atoms with Crippen molar-refractivity contribution in [3.8, 4) is 0 Å². The van der Waals surface area contributed by atoms with E-state index in [0.717, 1.165) is 17.4 Å². The van der Waals surface area contributed by atoms with Gasteiger partial charge in [-0.25, -0.2) is 0 Å². The van der Waals surface area contributed by atoms with Gasteiger partial charge in [-0.2, -0.15) is 0 Å². The van der Waals surface area contributed by atoms with Crippen LogP contribution < -0.4 is 0 Å². The third-order valence-corrected chi connectivity index (χ3v) is 4.17. The molecule has 0 spiro atoms. The van der Waals surface area contributed by atoms with Crippen LogP contribution in [0.3, 0.4) is 0 Å². The van der Waals surface area contributed by atoms with Crippen molar-refractivity contribution in [3.05, 3.63) is 33.3 Å². The van der Waals surface area contributed by atoms with E-state index in [1.165, 1.54) is 0 Å². The molecule has 1 heterocycles. The largest absolute Gasteiger partial charge is 0.337 e. The first kappa shape index (κ1) is 12.2. The Hall–Kier alpha value is -0.250. The Bertz CT molecular complexity index is 424. The summed E-state index contributed by atoms with van der Waals surface area (Å²) in [6, 6.07) is 5.22. The van der Waals surface area contributed by atoms with Crippen LogP contribution in [0, 0.1) is 0 Å². The number of amides is 1. The van der Waals surface area contributed by atoms with Gasteiger partial charge in [0.05, 0.1) is 10.4 Å². The summed E-state index contributed by atoms with van der Waals surface area (Å²) in [5, 5.41) is 0.627. The lowest BCUT2D eigenvalue weighted by atomic mass is 10.2. The topological polar surface area (TPSA) is 20.3 Å². The normalized spacial score (nSPS) is 20.2. The molecule has 5 heteroatoms. The van der Waals surface area contributed by atoms with Gasteiger partial charge in [-0.15, -0.1) is 11.6 Å². The molecule has 2 rings (SSSR count). The Labute approximate surface area is 113 Å². The van der Waals surface area contributed by atoms with Crippen molar-refractivity contribution >= 4 is 45.0 Å². The summed E-state index contributed by atoms with van der Waals surface area (Å²) in [7, 11) is 0. The Morgan fingerprint density at radius 2 is 2.25 bits per heavy atom. The highest BCUT2D eigenvalue weighted by molar-refractivity contribution is 9.10. The van der Waals surface area contributed by atoms with Gasteiger partial charge in [0.2, 0.25) is 0 Å². The minimum absolute atomic E-state index is 0.00227. The summed E-state index contributed by atoms with van der Waals surface area (Å²) >= 11 is 15.2. The van der Waals surface area contributed by atoms with Gasteiger partial charge in [-0.1, -0.05) is 11.6 Å². The highest BCUT2D eigenvalue weighted by Gasteiger charge is 2.25. The van der Waals surface area contributed by atoms with Crippen LogP contribution in [0.4, 0.5) is 0 Å². The van der Waals surface area contributed by atoms with Crippen LogP contribution in [0.5, 0.6) is 0 Å². The minimum Gasteiger partial charge on any atom is -0.337 e. The minimum atomic E-state index is -0.00227. The summed E-state index contributed by atoms with van der Waals surface area (Å²) in [5.74, 6) is -0.00227. The van der Waals surface area contributed by atoms with Gasteiger partial charge in [0.1, 0.15) is 0 Å². The van der Waals surface area contributed by atoms with Crippen molar-refractivity contribution < 1.29 is 4.79 Å². The maximum atomic E-state index is 12.0. The molecule has 1 aliphatic heterocycles. The summed E-state index contributed by atoms with van der Waals surface area (Å²) < 4.78 is 0.794. The average molecular weight is 323 g/mol. The number of likely N-dealkylation sites (tertiary alicyclic amines) is 1. The number of halogens is 3. The number of carbonyl (C=O) groups is 1. The molecule has 0 aromatic heterocycles. The quantitative estimate of drug-likeness (QED) is 0.724. The maximum Gasteiger partial charge on any atom is 0.253 e. The number of hydrogen-bond acceptors (Lipinski definition) is 1. The molecule has 1 saturated heterocycles. The van der Waals surface area contributed by atoms with Gasteiger partial charge >= 0.3 is 0 Å². The van der Waals surface area contributed by atoms with Crippen molar-refractivity contribution in [2.45, 2.75) is 11.8 Å². The molecular weight excluding hydrogens is 313 g/mol. The molecular formula is C11H10BrCl2NO. The summed E-state index contributed by atoms with van der Waals surface area (Å²) in [6.45, 7) is 1.34. The molecule has 0 radical (unpaired) electrons. The van der Waals surface area contributed by atoms with Crippen molar-refractivity contribution in [3.63, 3.8) is 0 Å². The Morgan fingerprint density at radius 1 is 1.50 bits per heavy atom. The fourth-order valence-corrected chi connectivity index (χ4v) is 2.41. The monoisotopic (exact) mass is 321 g/mol. The zero-order valence-corrected chi connectivity index (χ0v) is 11.5. The maximum absolute atomic E-state index is 12.0. The SMILES string of the molecule is O=C(c1ccc(Br)c(Cl)c1)N1CCC(Cl)C1. The molecule has 1 aromatic carbocycles. The standard InChI is InChI=1S/C11H10BrCl2NO/c12-9-2-1-7(5-10(9)14)11(16)15-4-3-8(13)6-15/h1-2,5,8H,3-4,6H2. The summed E-state index contributed by atoms with van der Waals surface area (Å²) in [4.78, 5) is 13.8. The van der Waals surface area contributed by atoms with Crippen LogP contribution >= 0.6 is 39.1 Å². The molecule has 0 saturated carbocycles. The lowest BCUT2D eigenvalue weighted by molar-refractivity contribution is 0.0793. The first-order chi connectivity index (χ1) is 7.58. The van der Waals surface area contributed by atoms with Crippen LogP contribution in [0.2, 0.25) is 5.02 Å². The number of alkyl halides is 1. The second kappa shape index (κ2) is 4.94. The molecule has 1 atom stereocenters. The van der Waals surface area contributed by atoms with Crippen molar-refractivity contribution in [2.24, 2.45) is 0 Å². The van der Waals surface area contributed by atoms with E-state index < -0.39 is 0 Å². The van der Waals surface area contributed by atoms with E-state index in [9.17, 15) is 4.79 Å². The van der Waals surface area contributed by atoms with E-state index in [1.807, 2.05) is 0 Å². The van der Waals surface area contributed by atoms with Crippen LogP contribution in [0.25, 0.3) is 0 Å². The number of hydrogen-bond donors (Lipinski definition) is 0. The van der Waals surface area contributed by atoms with Crippen molar-refractivity contribution in [1.29, 1.82) is 0 Å². The molecule has 1 aromatic rings. The zero-order valence-electron chi connectivity index (χ0n) is 8.42. The second-order valence-electron chi connectivity index (χ2n) is 3.77. The lowest BCUT2D eigenvalue weighted by Gasteiger charge is -2.15. The fraction of sp³-hybridized carbons (Fsp3) is 0.364. The number of rotatable bonds is 1. The molecule has 0 bridgehead atoms. The average Bonchev–Trinajstić information content (AvgIpc) is 2.68. The van der Waals surface area contributed by atoms with Gasteiger partial charge in [-0.05, 0) is 40.5 Å². The van der Waals surface area contributed by atoms with Gasteiger partial charge in [0.25, 0.3) is 5.91 Å². The third kappa shape index (κ3) is 2.53. The zero-order chi connectivity index (χ0) is 11.7. The Kier molecular flexibility index (Phi) is 3.77. The van der Waals surface area contributed by atoms with Gasteiger partial charge in [0, 0.05) is 23.1 Å². The van der Waals surface area contributed by atoms with E-state index >= 15 is 0 Å². The van der Waals surface area contributed by atoms with Crippen LogP contribution in [-0.4, -0.2) is 29.3 Å². The Morgan fingerprint density at radius 3 is 2.81 bits per heavy atom. The van der Waals surface area contributed by atoms with E-state index in [0.29, 0.717) is 17.1 Å². The second-order valence-corrected chi connectivity index (χ2v) is 5.64. The van der Waals surface area contributed by atoms with Crippen LogP contribution in [0.15, 0.2) is 22.7 Å². The molecule has 0 N–H and O–H groups in total. The molecule has 2 nitrogen and oxygen atoms in total. The first-order valence-electron chi connectivity index (χ1n) is 4.96. The van der Waals surface area contributed by atoms with E-state index in [1.54, 1.807) is 23.1 Å².